The lowest BCUT2D eigenvalue weighted by Gasteiger charge is -2.72. The number of hydrogen-bond acceptors (Lipinski definition) is 13. The number of carbonyl (C=O) groups is 2. The van der Waals surface area contributed by atoms with Gasteiger partial charge in [0.05, 0.1) is 36.3 Å². The van der Waals surface area contributed by atoms with E-state index in [4.69, 9.17) is 18.9 Å². The molecule has 14 heteroatoms. The minimum absolute atomic E-state index is 0.0250. The van der Waals surface area contributed by atoms with Gasteiger partial charge in [-0.2, -0.15) is 0 Å². The normalized spacial score (nSPS) is 41.2. The number of hydrogen-bond donors (Lipinski definition) is 8. The molecule has 11 rings (SSSR count). The van der Waals surface area contributed by atoms with Gasteiger partial charge < -0.3 is 49.6 Å². The summed E-state index contributed by atoms with van der Waals surface area (Å²) in [6, 6.07) is 4.46. The molecule has 5 aliphatic carbocycles. The average Bonchev–Trinajstić information content (AvgIpc) is 3.93. The second-order valence-corrected chi connectivity index (χ2v) is 20.8. The van der Waals surface area contributed by atoms with Crippen LogP contribution >= 0.6 is 0 Å². The van der Waals surface area contributed by atoms with Gasteiger partial charge in [-0.1, -0.05) is 25.0 Å². The van der Waals surface area contributed by atoms with Crippen LogP contribution in [0.15, 0.2) is 41.0 Å². The van der Waals surface area contributed by atoms with Gasteiger partial charge in [-0.15, -0.1) is 0 Å². The number of carboxylic acids is 1. The first kappa shape index (κ1) is 41.3. The fourth-order valence-electron chi connectivity index (χ4n) is 15.8. The molecular weight excluding hydrogens is 797 g/mol. The van der Waals surface area contributed by atoms with Crippen molar-refractivity contribution in [2.24, 2.45) is 34.0 Å². The highest BCUT2D eigenvalue weighted by molar-refractivity contribution is 6.08. The second kappa shape index (κ2) is 14.3. The fraction of sp³-hybridized carbons (Fsp3) is 0.667. The Morgan fingerprint density at radius 1 is 1.05 bits per heavy atom. The zero-order chi connectivity index (χ0) is 43.1. The first-order valence-electron chi connectivity index (χ1n) is 22.9. The van der Waals surface area contributed by atoms with E-state index in [1.54, 1.807) is 13.0 Å². The number of Topliss-reactive ketones (excluding diaryl/α,β-unsaturated/α-hetero) is 1. The Morgan fingerprint density at radius 3 is 2.60 bits per heavy atom. The molecular formula is C48H60N2O12. The number of ketones is 1. The molecule has 2 aromatic rings. The summed E-state index contributed by atoms with van der Waals surface area (Å²) in [6.45, 7) is 3.81. The quantitative estimate of drug-likeness (QED) is 0.173. The van der Waals surface area contributed by atoms with Gasteiger partial charge in [-0.3, -0.25) is 15.6 Å². The van der Waals surface area contributed by atoms with Crippen LogP contribution in [0.4, 0.5) is 0 Å². The number of phenols is 1. The highest BCUT2D eigenvalue weighted by Gasteiger charge is 2.75. The first-order valence-corrected chi connectivity index (χ1v) is 22.9. The Balaban J connectivity index is 0.999. The maximum Gasteiger partial charge on any atom is 0.335 e. The van der Waals surface area contributed by atoms with Crippen molar-refractivity contribution < 1.29 is 59.2 Å². The summed E-state index contributed by atoms with van der Waals surface area (Å²) in [5.74, 6) is -2.08. The van der Waals surface area contributed by atoms with Gasteiger partial charge >= 0.3 is 5.97 Å². The lowest BCUT2D eigenvalue weighted by molar-refractivity contribution is -0.327. The third-order valence-corrected chi connectivity index (χ3v) is 17.7. The van der Waals surface area contributed by atoms with E-state index in [1.165, 1.54) is 62.3 Å². The van der Waals surface area contributed by atoms with Crippen molar-refractivity contribution in [1.82, 2.24) is 10.9 Å². The molecule has 4 aliphatic heterocycles. The maximum absolute atomic E-state index is 12.7. The Kier molecular flexibility index (Phi) is 9.51. The number of aromatic carboxylic acids is 1. The first-order chi connectivity index (χ1) is 29.7. The number of ether oxygens (including phenoxy) is 4. The Labute approximate surface area is 360 Å². The Hall–Kier alpha value is -3.44. The van der Waals surface area contributed by atoms with E-state index in [0.29, 0.717) is 43.1 Å². The van der Waals surface area contributed by atoms with E-state index < -0.39 is 59.9 Å². The van der Waals surface area contributed by atoms with Gasteiger partial charge in [0.1, 0.15) is 35.4 Å². The van der Waals surface area contributed by atoms with Crippen molar-refractivity contribution in [3.05, 3.63) is 57.7 Å². The number of carboxylic acid groups (broad SMARTS) is 1. The van der Waals surface area contributed by atoms with Gasteiger partial charge in [0.15, 0.2) is 5.78 Å². The molecule has 8 N–H and O–H groups in total. The van der Waals surface area contributed by atoms with E-state index >= 15 is 0 Å². The molecule has 62 heavy (non-hydrogen) atoms. The number of aliphatic hydroxyl groups is 4. The number of fused-ring (bicyclic) bond motifs is 2. The van der Waals surface area contributed by atoms with Gasteiger partial charge in [0.25, 0.3) is 0 Å². The average molecular weight is 857 g/mol. The molecule has 0 radical (unpaired) electrons. The third-order valence-electron chi connectivity index (χ3n) is 17.7. The van der Waals surface area contributed by atoms with Crippen LogP contribution in [-0.2, 0) is 14.2 Å². The standard InChI is InChI=1S/C48H60N2O12/c1-24-12-27-13-28(42(57)58)14-32(37(27)38(54)35(24)25(2)53)61-43-39(55)41(56)48(34(18-52)62-43)16-31-36-26(20-60-48)6-7-30(36)46(10-5-11-51)23-59-19-29-15-45-21-44(8-3-4-9-44)17-33(45)49-50-47(31,22-45)40(29)46/h7,12-14,29,31,33-34,39-41,43,49-52,54-56H,3-6,8-11,15-23H2,1-2H3,(H,57,58)/t29-,31-,33-,34-,39-,40+,41-,43-,45-,46-,47-,48-/m1/s1. The van der Waals surface area contributed by atoms with Crippen molar-refractivity contribution in [1.29, 1.82) is 0 Å². The molecule has 14 nitrogen and oxygen atoms in total. The van der Waals surface area contributed by atoms with Gasteiger partial charge in [-0.25, -0.2) is 4.79 Å². The molecule has 2 bridgehead atoms. The SMILES string of the molecule is CC(=O)c1c(C)cc2cc(C(=O)O)cc(O[C@@H]3O[C@H](CO)[C@]4(C[C@@H]5C6=C(CC=C6[C@@]6(CCCO)COC[C@H]7C[C@]89CC%10(CCCC%10)C[C@H]8NN[C@@]5(C9)[C@@H]76)CO4)[C@H](O)[C@H]3O)c2c1O. The van der Waals surface area contributed by atoms with Crippen molar-refractivity contribution in [3.63, 3.8) is 0 Å². The molecule has 3 saturated heterocycles. The third kappa shape index (κ3) is 5.54. The van der Waals surface area contributed by atoms with E-state index in [-0.39, 0.29) is 75.9 Å². The van der Waals surface area contributed by atoms with E-state index in [2.05, 4.69) is 16.9 Å². The lowest BCUT2D eigenvalue weighted by Crippen LogP contribution is -2.81. The maximum atomic E-state index is 12.7. The van der Waals surface area contributed by atoms with Crippen LogP contribution in [0, 0.1) is 40.9 Å². The number of aromatic hydroxyl groups is 1. The summed E-state index contributed by atoms with van der Waals surface area (Å²) in [4.78, 5) is 25.0. The molecule has 4 spiro atoms. The molecule has 2 aromatic carbocycles. The van der Waals surface area contributed by atoms with Crippen LogP contribution in [0.2, 0.25) is 0 Å². The van der Waals surface area contributed by atoms with Crippen molar-refractivity contribution >= 4 is 22.5 Å². The zero-order valence-electron chi connectivity index (χ0n) is 35.6. The highest BCUT2D eigenvalue weighted by Crippen LogP contribution is 2.74. The highest BCUT2D eigenvalue weighted by atomic mass is 16.7. The van der Waals surface area contributed by atoms with Crippen LogP contribution in [0.1, 0.15) is 110 Å². The molecule has 0 aromatic heterocycles. The zero-order valence-corrected chi connectivity index (χ0v) is 35.6. The molecule has 7 fully saturated rings. The van der Waals surface area contributed by atoms with E-state index in [0.717, 1.165) is 31.3 Å². The van der Waals surface area contributed by atoms with Gasteiger partial charge in [0, 0.05) is 36.1 Å². The minimum atomic E-state index is -1.75. The summed E-state index contributed by atoms with van der Waals surface area (Å²) in [5.41, 5.74) is 9.81. The van der Waals surface area contributed by atoms with Gasteiger partial charge in [-0.05, 0) is 141 Å². The molecule has 4 heterocycles. The monoisotopic (exact) mass is 856 g/mol. The summed E-state index contributed by atoms with van der Waals surface area (Å²) in [6.07, 6.45) is 7.78. The van der Waals surface area contributed by atoms with Crippen LogP contribution in [0.5, 0.6) is 11.5 Å². The number of allylic oxidation sites excluding steroid dienone is 1. The number of hydrazine groups is 1. The predicted molar refractivity (Wildman–Crippen MR) is 223 cm³/mol. The Bertz CT molecular complexity index is 2300. The number of carbonyl (C=O) groups excluding carboxylic acids is 1. The molecule has 12 atom stereocenters. The summed E-state index contributed by atoms with van der Waals surface area (Å²) >= 11 is 0. The number of aliphatic hydroxyl groups excluding tert-OH is 4. The number of nitrogens with one attached hydrogen (secondary N) is 2. The molecule has 4 saturated carbocycles. The topological polar surface area (TPSA) is 216 Å². The lowest BCUT2D eigenvalue weighted by atomic mass is 9.39. The number of phenolic OH excluding ortho intramolecular Hbond substituents is 1. The van der Waals surface area contributed by atoms with Crippen LogP contribution < -0.4 is 15.6 Å². The summed E-state index contributed by atoms with van der Waals surface area (Å²) in [5, 5.41) is 68.3. The molecule has 334 valence electrons. The van der Waals surface area contributed by atoms with Crippen molar-refractivity contribution in [3.8, 4) is 11.5 Å². The van der Waals surface area contributed by atoms with Crippen LogP contribution in [-0.4, -0.2) is 117 Å². The largest absolute Gasteiger partial charge is 0.506 e. The van der Waals surface area contributed by atoms with E-state index in [1.807, 2.05) is 0 Å². The Morgan fingerprint density at radius 2 is 1.85 bits per heavy atom. The number of aryl methyl sites for hydroxylation is 1. The van der Waals surface area contributed by atoms with Gasteiger partial charge in [0.2, 0.25) is 6.29 Å². The van der Waals surface area contributed by atoms with Crippen LogP contribution in [0.25, 0.3) is 10.8 Å². The van der Waals surface area contributed by atoms with Crippen LogP contribution in [0.3, 0.4) is 0 Å². The summed E-state index contributed by atoms with van der Waals surface area (Å²) < 4.78 is 26.4. The molecule has 0 amide bonds. The molecule has 9 aliphatic rings. The second-order valence-electron chi connectivity index (χ2n) is 20.8. The molecule has 0 unspecified atom stereocenters. The summed E-state index contributed by atoms with van der Waals surface area (Å²) in [7, 11) is 0. The smallest absolute Gasteiger partial charge is 0.335 e. The fourth-order valence-corrected chi connectivity index (χ4v) is 15.8. The van der Waals surface area contributed by atoms with Crippen molar-refractivity contribution in [2.75, 3.05) is 33.0 Å². The number of rotatable bonds is 8. The minimum Gasteiger partial charge on any atom is -0.506 e. The number of benzene rings is 2. The van der Waals surface area contributed by atoms with E-state index in [9.17, 15) is 40.2 Å². The predicted octanol–water partition coefficient (Wildman–Crippen LogP) is 4.36. The van der Waals surface area contributed by atoms with Crippen molar-refractivity contribution in [2.45, 2.75) is 133 Å².